The van der Waals surface area contributed by atoms with Gasteiger partial charge in [-0.2, -0.15) is 4.79 Å². The van der Waals surface area contributed by atoms with Crippen LogP contribution in [0.15, 0.2) is 36.4 Å². The van der Waals surface area contributed by atoms with Crippen LogP contribution in [0.5, 0.6) is 0 Å². The average molecular weight is 382 g/mol. The maximum atomic E-state index is 12.5. The lowest BCUT2D eigenvalue weighted by molar-refractivity contribution is -0.571. The Morgan fingerprint density at radius 3 is 2.36 bits per heavy atom. The largest absolute Gasteiger partial charge is 0.513 e. The zero-order chi connectivity index (χ0) is 18.6. The number of nitrogens with one attached hydrogen (secondary N) is 1. The summed E-state index contributed by atoms with van der Waals surface area (Å²) in [6.07, 6.45) is -0.0774. The summed E-state index contributed by atoms with van der Waals surface area (Å²) in [6, 6.07) is 10.4. The SMILES string of the molecule is CC(C)(C)OC(=O)[n+]1c(NCc2ccc(Cl)cc2)ccc(C=O)c1Cl. The van der Waals surface area contributed by atoms with Gasteiger partial charge in [-0.1, -0.05) is 23.7 Å². The van der Waals surface area contributed by atoms with E-state index >= 15 is 0 Å². The Morgan fingerprint density at radius 2 is 1.80 bits per heavy atom. The first-order chi connectivity index (χ1) is 11.7. The number of carbonyl (C=O) groups is 2. The second kappa shape index (κ2) is 7.85. The minimum absolute atomic E-state index is 0.00893. The van der Waals surface area contributed by atoms with E-state index in [1.807, 2.05) is 12.1 Å². The van der Waals surface area contributed by atoms with Crippen molar-refractivity contribution in [2.45, 2.75) is 32.9 Å². The predicted octanol–water partition coefficient (Wildman–Crippen LogP) is 4.49. The van der Waals surface area contributed by atoms with Crippen LogP contribution in [0.3, 0.4) is 0 Å². The summed E-state index contributed by atoms with van der Waals surface area (Å²) in [5.74, 6) is 0.416. The number of pyridine rings is 1. The molecule has 7 heteroatoms. The minimum Gasteiger partial charge on any atom is -0.425 e. The van der Waals surface area contributed by atoms with Gasteiger partial charge in [0, 0.05) is 11.1 Å². The van der Waals surface area contributed by atoms with Crippen molar-refractivity contribution in [2.24, 2.45) is 0 Å². The lowest BCUT2D eigenvalue weighted by atomic mass is 10.2. The van der Waals surface area contributed by atoms with Gasteiger partial charge in [0.25, 0.3) is 5.82 Å². The molecule has 0 unspecified atom stereocenters. The standard InChI is InChI=1S/C18H18Cl2N2O3/c1-18(2,3)25-17(24)22-15(9-6-13(11-23)16(22)20)21-10-12-4-7-14(19)8-5-12/h4-9,11H,10H2,1-3H3/p+1. The predicted molar refractivity (Wildman–Crippen MR) is 97.4 cm³/mol. The number of ether oxygens (including phenoxy) is 1. The molecule has 1 aromatic heterocycles. The number of carbonyl (C=O) groups excluding carboxylic acids is 2. The minimum atomic E-state index is -0.696. The number of hydrogen-bond donors (Lipinski definition) is 1. The van der Waals surface area contributed by atoms with Crippen LogP contribution in [-0.4, -0.2) is 18.0 Å². The van der Waals surface area contributed by atoms with E-state index in [-0.39, 0.29) is 10.7 Å². The maximum absolute atomic E-state index is 12.5. The van der Waals surface area contributed by atoms with Crippen molar-refractivity contribution in [2.75, 3.05) is 5.32 Å². The zero-order valence-electron chi connectivity index (χ0n) is 14.2. The van der Waals surface area contributed by atoms with E-state index < -0.39 is 11.7 Å². The van der Waals surface area contributed by atoms with Gasteiger partial charge < -0.3 is 4.74 Å². The summed E-state index contributed by atoms with van der Waals surface area (Å²) in [4.78, 5) is 23.6. The van der Waals surface area contributed by atoms with Crippen molar-refractivity contribution in [1.29, 1.82) is 0 Å². The lowest BCUT2D eigenvalue weighted by Gasteiger charge is -2.19. The Bertz CT molecular complexity index is 784. The second-order valence-electron chi connectivity index (χ2n) is 6.38. The van der Waals surface area contributed by atoms with Crippen LogP contribution >= 0.6 is 23.2 Å². The number of nitrogens with zero attached hydrogens (tertiary/aromatic N) is 1. The van der Waals surface area contributed by atoms with Crippen LogP contribution in [-0.2, 0) is 11.3 Å². The highest BCUT2D eigenvalue weighted by Gasteiger charge is 2.28. The molecule has 0 atom stereocenters. The lowest BCUT2D eigenvalue weighted by Crippen LogP contribution is -2.50. The van der Waals surface area contributed by atoms with E-state index in [2.05, 4.69) is 5.32 Å². The summed E-state index contributed by atoms with van der Waals surface area (Å²) in [7, 11) is 0. The molecule has 1 heterocycles. The topological polar surface area (TPSA) is 59.3 Å². The molecule has 132 valence electrons. The number of aromatic nitrogens is 1. The highest BCUT2D eigenvalue weighted by Crippen LogP contribution is 2.17. The van der Waals surface area contributed by atoms with E-state index in [4.69, 9.17) is 27.9 Å². The van der Waals surface area contributed by atoms with Gasteiger partial charge in [-0.15, -0.1) is 4.57 Å². The third-order valence-corrected chi connectivity index (χ3v) is 3.83. The van der Waals surface area contributed by atoms with Crippen LogP contribution in [0, 0.1) is 0 Å². The molecule has 1 N–H and O–H groups in total. The molecule has 0 aliphatic heterocycles. The Hall–Kier alpha value is -2.11. The van der Waals surface area contributed by atoms with Gasteiger partial charge in [0.05, 0.1) is 5.56 Å². The molecule has 0 saturated heterocycles. The zero-order valence-corrected chi connectivity index (χ0v) is 15.7. The summed E-state index contributed by atoms with van der Waals surface area (Å²) >= 11 is 12.1. The molecule has 25 heavy (non-hydrogen) atoms. The van der Waals surface area contributed by atoms with Crippen molar-refractivity contribution in [3.05, 3.63) is 57.7 Å². The number of rotatable bonds is 4. The van der Waals surface area contributed by atoms with Crippen LogP contribution in [0.2, 0.25) is 10.2 Å². The quantitative estimate of drug-likeness (QED) is 0.481. The first-order valence-corrected chi connectivity index (χ1v) is 8.38. The van der Waals surface area contributed by atoms with Gasteiger partial charge in [0.2, 0.25) is 5.15 Å². The van der Waals surface area contributed by atoms with Gasteiger partial charge in [-0.05, 0) is 56.1 Å². The van der Waals surface area contributed by atoms with E-state index in [1.165, 1.54) is 0 Å². The van der Waals surface area contributed by atoms with Crippen LogP contribution in [0.4, 0.5) is 10.6 Å². The molecule has 0 bridgehead atoms. The Kier molecular flexibility index (Phi) is 6.03. The van der Waals surface area contributed by atoms with Crippen molar-refractivity contribution in [1.82, 2.24) is 0 Å². The van der Waals surface area contributed by atoms with Gasteiger partial charge in [0.15, 0.2) is 6.29 Å². The Balaban J connectivity index is 2.33. The van der Waals surface area contributed by atoms with Gasteiger partial charge in [-0.25, -0.2) is 0 Å². The normalized spacial score (nSPS) is 11.1. The van der Waals surface area contributed by atoms with Crippen LogP contribution in [0.25, 0.3) is 0 Å². The van der Waals surface area contributed by atoms with Gasteiger partial charge in [-0.3, -0.25) is 10.1 Å². The number of anilines is 1. The molecule has 5 nitrogen and oxygen atoms in total. The summed E-state index contributed by atoms with van der Waals surface area (Å²) in [6.45, 7) is 5.70. The fourth-order valence-corrected chi connectivity index (χ4v) is 2.45. The summed E-state index contributed by atoms with van der Waals surface area (Å²) in [5.41, 5.74) is 0.471. The van der Waals surface area contributed by atoms with Crippen molar-refractivity contribution in [3.63, 3.8) is 0 Å². The molecule has 2 rings (SSSR count). The first kappa shape index (κ1) is 19.2. The van der Waals surface area contributed by atoms with E-state index in [9.17, 15) is 9.59 Å². The number of hydrogen-bond acceptors (Lipinski definition) is 4. The summed E-state index contributed by atoms with van der Waals surface area (Å²) < 4.78 is 6.52. The van der Waals surface area contributed by atoms with Crippen LogP contribution < -0.4 is 9.88 Å². The van der Waals surface area contributed by atoms with Crippen molar-refractivity contribution < 1.29 is 18.9 Å². The van der Waals surface area contributed by atoms with Crippen LogP contribution in [0.1, 0.15) is 36.7 Å². The molecule has 0 amide bonds. The third kappa shape index (κ3) is 5.18. The molecule has 0 saturated carbocycles. The van der Waals surface area contributed by atoms with Crippen molar-refractivity contribution >= 4 is 41.4 Å². The van der Waals surface area contributed by atoms with E-state index in [1.54, 1.807) is 45.0 Å². The Morgan fingerprint density at radius 1 is 1.16 bits per heavy atom. The van der Waals surface area contributed by atoms with E-state index in [0.29, 0.717) is 23.7 Å². The molecular weight excluding hydrogens is 363 g/mol. The van der Waals surface area contributed by atoms with Gasteiger partial charge in [0.1, 0.15) is 12.1 Å². The van der Waals surface area contributed by atoms with Crippen molar-refractivity contribution in [3.8, 4) is 0 Å². The molecule has 0 radical (unpaired) electrons. The van der Waals surface area contributed by atoms with Gasteiger partial charge >= 0.3 is 6.09 Å². The number of benzene rings is 1. The molecular formula is C18H19Cl2N2O3+. The molecule has 0 fully saturated rings. The Labute approximate surface area is 156 Å². The second-order valence-corrected chi connectivity index (χ2v) is 7.17. The molecule has 2 aromatic rings. The third-order valence-electron chi connectivity index (χ3n) is 3.19. The first-order valence-electron chi connectivity index (χ1n) is 7.62. The number of aldehydes is 1. The highest BCUT2D eigenvalue weighted by atomic mass is 35.5. The fraction of sp³-hybridized carbons (Fsp3) is 0.278. The number of halogens is 2. The average Bonchev–Trinajstić information content (AvgIpc) is 2.52. The molecule has 0 aliphatic rings. The molecule has 0 spiro atoms. The molecule has 0 aliphatic carbocycles. The monoisotopic (exact) mass is 381 g/mol. The maximum Gasteiger partial charge on any atom is 0.513 e. The molecule has 1 aromatic carbocycles. The fourth-order valence-electron chi connectivity index (χ4n) is 2.05. The smallest absolute Gasteiger partial charge is 0.425 e. The van der Waals surface area contributed by atoms with E-state index in [0.717, 1.165) is 10.1 Å². The summed E-state index contributed by atoms with van der Waals surface area (Å²) in [5, 5.41) is 3.76. The highest BCUT2D eigenvalue weighted by molar-refractivity contribution is 6.31.